The van der Waals surface area contributed by atoms with Crippen molar-refractivity contribution < 1.29 is 13.9 Å². The minimum atomic E-state index is -0.190. The molecule has 0 saturated carbocycles. The van der Waals surface area contributed by atoms with Crippen LogP contribution in [-0.4, -0.2) is 61.9 Å². The van der Waals surface area contributed by atoms with Crippen LogP contribution in [0.5, 0.6) is 0 Å². The summed E-state index contributed by atoms with van der Waals surface area (Å²) < 4.78 is 11.2. The van der Waals surface area contributed by atoms with Crippen LogP contribution in [0, 0.1) is 6.92 Å². The first-order valence-electron chi connectivity index (χ1n) is 9.42. The molecule has 1 aromatic heterocycles. The third kappa shape index (κ3) is 4.86. The number of fused-ring (bicyclic) bond motifs is 1. The van der Waals surface area contributed by atoms with Gasteiger partial charge in [0.15, 0.2) is 5.76 Å². The van der Waals surface area contributed by atoms with E-state index in [0.717, 1.165) is 81.1 Å². The van der Waals surface area contributed by atoms with Crippen molar-refractivity contribution in [1.82, 2.24) is 10.2 Å². The molecule has 1 aromatic rings. The lowest BCUT2D eigenvalue weighted by Crippen LogP contribution is -2.38. The van der Waals surface area contributed by atoms with Gasteiger partial charge in [-0.2, -0.15) is 5.10 Å². The number of rotatable bonds is 6. The van der Waals surface area contributed by atoms with E-state index in [9.17, 15) is 4.79 Å². The van der Waals surface area contributed by atoms with Gasteiger partial charge in [-0.05, 0) is 32.7 Å². The fraction of sp³-hybridized carbons (Fsp3) is 0.611. The largest absolute Gasteiger partial charge is 0.455 e. The molecule has 2 heterocycles. The van der Waals surface area contributed by atoms with Gasteiger partial charge in [0.1, 0.15) is 5.76 Å². The Morgan fingerprint density at radius 3 is 2.78 bits per heavy atom. The summed E-state index contributed by atoms with van der Waals surface area (Å²) in [5.41, 5.74) is 13.1. The van der Waals surface area contributed by atoms with Crippen LogP contribution >= 0.6 is 0 Å². The Labute approximate surface area is 158 Å². The maximum atomic E-state index is 12.6. The monoisotopic (exact) mass is 376 g/mol. The quantitative estimate of drug-likeness (QED) is 0.284. The Morgan fingerprint density at radius 1 is 1.26 bits per heavy atom. The number of carbonyl (C=O) groups excluding carboxylic acids is 1. The normalized spacial score (nSPS) is 18.9. The second-order valence-corrected chi connectivity index (χ2v) is 6.84. The Bertz CT molecular complexity index is 730. The van der Waals surface area contributed by atoms with E-state index in [4.69, 9.17) is 20.6 Å². The molecule has 1 amide bonds. The number of morpholine rings is 1. The van der Waals surface area contributed by atoms with Crippen molar-refractivity contribution >= 4 is 17.6 Å². The summed E-state index contributed by atoms with van der Waals surface area (Å²) in [5.74, 6) is 0.853. The van der Waals surface area contributed by atoms with E-state index in [1.807, 2.05) is 6.92 Å². The highest BCUT2D eigenvalue weighted by Gasteiger charge is 2.27. The second-order valence-electron chi connectivity index (χ2n) is 6.84. The number of nitrogens with two attached hydrogens (primary N) is 2. The molecule has 3 rings (SSSR count). The highest BCUT2D eigenvalue weighted by molar-refractivity contribution is 6.06. The molecule has 1 aliphatic carbocycles. The maximum absolute atomic E-state index is 12.6. The Kier molecular flexibility index (Phi) is 6.46. The predicted molar refractivity (Wildman–Crippen MR) is 103 cm³/mol. The first kappa shape index (κ1) is 19.4. The zero-order chi connectivity index (χ0) is 19.2. The summed E-state index contributed by atoms with van der Waals surface area (Å²) in [4.78, 5) is 14.9. The van der Waals surface area contributed by atoms with Gasteiger partial charge in [0.2, 0.25) is 5.96 Å². The highest BCUT2D eigenvalue weighted by Crippen LogP contribution is 2.30. The number of hydrogen-bond acceptors (Lipinski definition) is 6. The summed E-state index contributed by atoms with van der Waals surface area (Å²) in [7, 11) is 0. The lowest BCUT2D eigenvalue weighted by atomic mass is 9.93. The highest BCUT2D eigenvalue weighted by atomic mass is 16.5. The van der Waals surface area contributed by atoms with Crippen LogP contribution in [0.2, 0.25) is 0 Å². The molecular formula is C18H28N6O3. The van der Waals surface area contributed by atoms with Crippen molar-refractivity contribution in [3.8, 4) is 0 Å². The molecule has 9 nitrogen and oxygen atoms in total. The summed E-state index contributed by atoms with van der Waals surface area (Å²) in [6.07, 6.45) is 3.31. The molecule has 0 atom stereocenters. The van der Waals surface area contributed by atoms with E-state index >= 15 is 0 Å². The number of hydrogen-bond donors (Lipinski definition) is 3. The molecule has 1 aliphatic heterocycles. The van der Waals surface area contributed by atoms with Gasteiger partial charge >= 0.3 is 0 Å². The van der Waals surface area contributed by atoms with Crippen molar-refractivity contribution in [3.05, 3.63) is 22.6 Å². The molecule has 9 heteroatoms. The van der Waals surface area contributed by atoms with Crippen molar-refractivity contribution in [2.75, 3.05) is 39.4 Å². The first-order chi connectivity index (χ1) is 13.1. The summed E-state index contributed by atoms with van der Waals surface area (Å²) in [6.45, 7) is 6.91. The molecule has 0 radical (unpaired) electrons. The molecule has 0 unspecified atom stereocenters. The van der Waals surface area contributed by atoms with Crippen LogP contribution in [0.4, 0.5) is 0 Å². The lowest BCUT2D eigenvalue weighted by Gasteiger charge is -2.26. The van der Waals surface area contributed by atoms with Gasteiger partial charge < -0.3 is 25.9 Å². The number of guanidine groups is 1. The molecule has 1 fully saturated rings. The van der Waals surface area contributed by atoms with Crippen molar-refractivity contribution in [2.24, 2.45) is 21.7 Å². The lowest BCUT2D eigenvalue weighted by molar-refractivity contribution is 0.0374. The topological polar surface area (TPSA) is 131 Å². The second kappa shape index (κ2) is 9.01. The van der Waals surface area contributed by atoms with Crippen LogP contribution in [0.25, 0.3) is 0 Å². The van der Waals surface area contributed by atoms with Crippen molar-refractivity contribution in [2.45, 2.75) is 32.6 Å². The van der Waals surface area contributed by atoms with Crippen LogP contribution in [0.1, 0.15) is 46.7 Å². The van der Waals surface area contributed by atoms with Gasteiger partial charge in [-0.1, -0.05) is 0 Å². The number of amides is 1. The van der Waals surface area contributed by atoms with Crippen LogP contribution in [0.15, 0.2) is 14.6 Å². The number of furan rings is 1. The molecule has 1 saturated heterocycles. The first-order valence-corrected chi connectivity index (χ1v) is 9.42. The SMILES string of the molecule is Cc1c(C(=O)NCCCN2CCOCC2)oc2c1/C(=N/N=C(N)N)CCC2. The Morgan fingerprint density at radius 2 is 2.04 bits per heavy atom. The Balaban J connectivity index is 1.60. The van der Waals surface area contributed by atoms with Gasteiger partial charge in [-0.15, -0.1) is 5.10 Å². The molecular weight excluding hydrogens is 348 g/mol. The summed E-state index contributed by atoms with van der Waals surface area (Å²) in [6, 6.07) is 0. The minimum absolute atomic E-state index is 0.0889. The minimum Gasteiger partial charge on any atom is -0.455 e. The average molecular weight is 376 g/mol. The van der Waals surface area contributed by atoms with E-state index in [2.05, 4.69) is 20.4 Å². The predicted octanol–water partition coefficient (Wildman–Crippen LogP) is 0.354. The van der Waals surface area contributed by atoms with Crippen LogP contribution in [-0.2, 0) is 11.2 Å². The van der Waals surface area contributed by atoms with Gasteiger partial charge in [-0.25, -0.2) is 0 Å². The fourth-order valence-electron chi connectivity index (χ4n) is 3.51. The third-order valence-electron chi connectivity index (χ3n) is 4.86. The van der Waals surface area contributed by atoms with Gasteiger partial charge in [0.25, 0.3) is 5.91 Å². The van der Waals surface area contributed by atoms with Crippen LogP contribution in [0.3, 0.4) is 0 Å². The van der Waals surface area contributed by atoms with Gasteiger partial charge in [0, 0.05) is 37.2 Å². The smallest absolute Gasteiger partial charge is 0.287 e. The van der Waals surface area contributed by atoms with E-state index in [-0.39, 0.29) is 11.9 Å². The van der Waals surface area contributed by atoms with Crippen molar-refractivity contribution in [1.29, 1.82) is 0 Å². The average Bonchev–Trinajstić information content (AvgIpc) is 3.01. The molecule has 5 N–H and O–H groups in total. The fourth-order valence-corrected chi connectivity index (χ4v) is 3.51. The Hall–Kier alpha value is -2.39. The van der Waals surface area contributed by atoms with E-state index < -0.39 is 0 Å². The summed E-state index contributed by atoms with van der Waals surface area (Å²) in [5, 5.41) is 10.8. The molecule has 0 spiro atoms. The number of nitrogens with one attached hydrogen (secondary N) is 1. The van der Waals surface area contributed by atoms with E-state index in [1.54, 1.807) is 0 Å². The number of carbonyl (C=O) groups is 1. The number of aryl methyl sites for hydroxylation is 1. The molecule has 148 valence electrons. The van der Waals surface area contributed by atoms with Gasteiger partial charge in [0.05, 0.1) is 18.9 Å². The zero-order valence-electron chi connectivity index (χ0n) is 15.8. The number of nitrogens with zero attached hydrogens (tertiary/aromatic N) is 3. The molecule has 0 bridgehead atoms. The van der Waals surface area contributed by atoms with Crippen molar-refractivity contribution in [3.63, 3.8) is 0 Å². The molecule has 27 heavy (non-hydrogen) atoms. The van der Waals surface area contributed by atoms with E-state index in [0.29, 0.717) is 12.3 Å². The summed E-state index contributed by atoms with van der Waals surface area (Å²) >= 11 is 0. The zero-order valence-corrected chi connectivity index (χ0v) is 15.8. The third-order valence-corrected chi connectivity index (χ3v) is 4.86. The van der Waals surface area contributed by atoms with Crippen LogP contribution < -0.4 is 16.8 Å². The molecule has 0 aromatic carbocycles. The molecule has 2 aliphatic rings. The van der Waals surface area contributed by atoms with Gasteiger partial charge in [-0.3, -0.25) is 9.69 Å². The maximum Gasteiger partial charge on any atom is 0.287 e. The standard InChI is InChI=1S/C18H28N6O3/c1-12-15-13(22-23-18(19)20)4-2-5-14(15)27-16(12)17(25)21-6-3-7-24-8-10-26-11-9-24/h2-11H2,1H3,(H,21,25)(H4,19,20,23)/b22-13+. The number of ether oxygens (including phenoxy) is 1. The van der Waals surface area contributed by atoms with E-state index in [1.165, 1.54) is 0 Å².